The fourth-order valence-corrected chi connectivity index (χ4v) is 3.16. The first-order valence-electron chi connectivity index (χ1n) is 7.11. The van der Waals surface area contributed by atoms with Gasteiger partial charge in [0.15, 0.2) is 0 Å². The van der Waals surface area contributed by atoms with Crippen LogP contribution >= 0.6 is 15.9 Å². The van der Waals surface area contributed by atoms with Crippen molar-refractivity contribution in [2.24, 2.45) is 0 Å². The van der Waals surface area contributed by atoms with Crippen molar-refractivity contribution in [3.63, 3.8) is 0 Å². The fraction of sp³-hybridized carbons (Fsp3) is 0.250. The smallest absolute Gasteiger partial charge is 0.240 e. The van der Waals surface area contributed by atoms with Gasteiger partial charge in [0.05, 0.1) is 12.0 Å². The predicted octanol–water partition coefficient (Wildman–Crippen LogP) is 2.18. The molecule has 2 N–H and O–H groups in total. The molecular weight excluding hydrogens is 398 g/mol. The van der Waals surface area contributed by atoms with Gasteiger partial charge in [-0.1, -0.05) is 15.9 Å². The van der Waals surface area contributed by atoms with Crippen molar-refractivity contribution in [2.75, 3.05) is 20.3 Å². The topological polar surface area (TPSA) is 84.9 Å². The summed E-state index contributed by atoms with van der Waals surface area (Å²) < 4.78 is 37.8. The van der Waals surface area contributed by atoms with Crippen LogP contribution in [0.3, 0.4) is 0 Å². The summed E-state index contributed by atoms with van der Waals surface area (Å²) >= 11 is 3.25. The van der Waals surface area contributed by atoms with Gasteiger partial charge in [0.25, 0.3) is 0 Å². The van der Waals surface area contributed by atoms with Gasteiger partial charge in [-0.15, -0.1) is 0 Å². The molecule has 0 bridgehead atoms. The SMILES string of the molecule is COc1ccc(OC[C@H](O)CNS(=O)(=O)c2ccc(Br)cc2)cc1. The van der Waals surface area contributed by atoms with Gasteiger partial charge in [-0.05, 0) is 48.5 Å². The monoisotopic (exact) mass is 415 g/mol. The van der Waals surface area contributed by atoms with Gasteiger partial charge < -0.3 is 14.6 Å². The number of nitrogens with one attached hydrogen (secondary N) is 1. The summed E-state index contributed by atoms with van der Waals surface area (Å²) in [5.41, 5.74) is 0. The Balaban J connectivity index is 1.83. The number of sulfonamides is 1. The van der Waals surface area contributed by atoms with Crippen LogP contribution in [-0.2, 0) is 10.0 Å². The van der Waals surface area contributed by atoms with E-state index in [9.17, 15) is 13.5 Å². The van der Waals surface area contributed by atoms with Gasteiger partial charge in [0.2, 0.25) is 10.0 Å². The Kier molecular flexibility index (Phi) is 6.61. The molecule has 1 atom stereocenters. The standard InChI is InChI=1S/C16H18BrNO5S/c1-22-14-4-6-15(7-5-14)23-11-13(19)10-18-24(20,21)16-8-2-12(17)3-9-16/h2-9,13,18-19H,10-11H2,1H3/t13-/m1/s1. The fourth-order valence-electron chi connectivity index (χ4n) is 1.83. The number of hydrogen-bond donors (Lipinski definition) is 2. The van der Waals surface area contributed by atoms with Crippen LogP contribution in [-0.4, -0.2) is 39.9 Å². The van der Waals surface area contributed by atoms with E-state index in [0.29, 0.717) is 11.5 Å². The highest BCUT2D eigenvalue weighted by Crippen LogP contribution is 2.17. The van der Waals surface area contributed by atoms with E-state index in [1.54, 1.807) is 43.5 Å². The maximum absolute atomic E-state index is 12.1. The molecule has 2 rings (SSSR count). The van der Waals surface area contributed by atoms with E-state index in [2.05, 4.69) is 20.7 Å². The number of aliphatic hydroxyl groups excluding tert-OH is 1. The largest absolute Gasteiger partial charge is 0.497 e. The van der Waals surface area contributed by atoms with Crippen molar-refractivity contribution >= 4 is 26.0 Å². The Morgan fingerprint density at radius 3 is 2.25 bits per heavy atom. The minimum Gasteiger partial charge on any atom is -0.497 e. The molecule has 130 valence electrons. The zero-order valence-electron chi connectivity index (χ0n) is 13.0. The van der Waals surface area contributed by atoms with Gasteiger partial charge in [-0.2, -0.15) is 0 Å². The Labute approximate surface area is 149 Å². The number of ether oxygens (including phenoxy) is 2. The lowest BCUT2D eigenvalue weighted by Crippen LogP contribution is -2.35. The molecule has 0 radical (unpaired) electrons. The van der Waals surface area contributed by atoms with Gasteiger partial charge in [0, 0.05) is 11.0 Å². The minimum absolute atomic E-state index is 0.0326. The number of rotatable bonds is 8. The first kappa shape index (κ1) is 18.7. The van der Waals surface area contributed by atoms with Crippen molar-refractivity contribution < 1.29 is 23.0 Å². The summed E-state index contributed by atoms with van der Waals surface area (Å²) in [6, 6.07) is 13.1. The average molecular weight is 416 g/mol. The Morgan fingerprint density at radius 2 is 1.67 bits per heavy atom. The summed E-state index contributed by atoms with van der Waals surface area (Å²) in [5.74, 6) is 1.26. The minimum atomic E-state index is -3.67. The molecule has 0 aliphatic rings. The normalized spacial score (nSPS) is 12.6. The lowest BCUT2D eigenvalue weighted by atomic mass is 10.3. The highest BCUT2D eigenvalue weighted by molar-refractivity contribution is 9.10. The van der Waals surface area contributed by atoms with Gasteiger partial charge in [-0.3, -0.25) is 0 Å². The average Bonchev–Trinajstić information content (AvgIpc) is 2.59. The zero-order valence-corrected chi connectivity index (χ0v) is 15.4. The molecular formula is C16H18BrNO5S. The number of methoxy groups -OCH3 is 1. The Bertz CT molecular complexity index is 747. The first-order valence-corrected chi connectivity index (χ1v) is 9.38. The second-order valence-electron chi connectivity index (χ2n) is 4.95. The van der Waals surface area contributed by atoms with Gasteiger partial charge in [0.1, 0.15) is 24.2 Å². The predicted molar refractivity (Wildman–Crippen MR) is 93.8 cm³/mol. The highest BCUT2D eigenvalue weighted by atomic mass is 79.9. The molecule has 2 aromatic carbocycles. The first-order chi connectivity index (χ1) is 11.4. The quantitative estimate of drug-likeness (QED) is 0.689. The molecule has 6 nitrogen and oxygen atoms in total. The van der Waals surface area contributed by atoms with Crippen molar-refractivity contribution in [1.29, 1.82) is 0 Å². The van der Waals surface area contributed by atoms with E-state index in [1.807, 2.05) is 0 Å². The molecule has 0 fully saturated rings. The lowest BCUT2D eigenvalue weighted by molar-refractivity contribution is 0.111. The number of hydrogen-bond acceptors (Lipinski definition) is 5. The van der Waals surface area contributed by atoms with E-state index < -0.39 is 16.1 Å². The van der Waals surface area contributed by atoms with Crippen LogP contribution in [0.5, 0.6) is 11.5 Å². The van der Waals surface area contributed by atoms with E-state index in [0.717, 1.165) is 4.47 Å². The zero-order chi connectivity index (χ0) is 17.6. The molecule has 2 aromatic rings. The van der Waals surface area contributed by atoms with E-state index in [4.69, 9.17) is 9.47 Å². The highest BCUT2D eigenvalue weighted by Gasteiger charge is 2.16. The second kappa shape index (κ2) is 8.48. The molecule has 24 heavy (non-hydrogen) atoms. The van der Waals surface area contributed by atoms with Crippen LogP contribution in [0, 0.1) is 0 Å². The summed E-state index contributed by atoms with van der Waals surface area (Å²) in [6.45, 7) is -0.177. The lowest BCUT2D eigenvalue weighted by Gasteiger charge is -2.14. The van der Waals surface area contributed by atoms with Crippen molar-refractivity contribution in [1.82, 2.24) is 4.72 Å². The maximum Gasteiger partial charge on any atom is 0.240 e. The molecule has 0 aliphatic carbocycles. The molecule has 0 saturated heterocycles. The maximum atomic E-state index is 12.1. The molecule has 0 aromatic heterocycles. The van der Waals surface area contributed by atoms with Crippen LogP contribution in [0.4, 0.5) is 0 Å². The Hall–Kier alpha value is -1.61. The third-order valence-corrected chi connectivity index (χ3v) is 5.10. The van der Waals surface area contributed by atoms with Gasteiger partial charge >= 0.3 is 0 Å². The molecule has 0 unspecified atom stereocenters. The molecule has 8 heteroatoms. The second-order valence-corrected chi connectivity index (χ2v) is 7.63. The molecule has 0 amide bonds. The third-order valence-electron chi connectivity index (χ3n) is 3.13. The molecule has 0 aliphatic heterocycles. The number of aliphatic hydroxyl groups is 1. The van der Waals surface area contributed by atoms with E-state index in [-0.39, 0.29) is 18.0 Å². The van der Waals surface area contributed by atoms with Crippen LogP contribution in [0.25, 0.3) is 0 Å². The van der Waals surface area contributed by atoms with E-state index in [1.165, 1.54) is 12.1 Å². The summed E-state index contributed by atoms with van der Waals surface area (Å²) in [4.78, 5) is 0.133. The van der Waals surface area contributed by atoms with Crippen molar-refractivity contribution in [3.05, 3.63) is 53.0 Å². The molecule has 0 heterocycles. The number of benzene rings is 2. The van der Waals surface area contributed by atoms with Crippen LogP contribution in [0.2, 0.25) is 0 Å². The summed E-state index contributed by atoms with van der Waals surface area (Å²) in [5, 5.41) is 9.88. The van der Waals surface area contributed by atoms with Crippen molar-refractivity contribution in [3.8, 4) is 11.5 Å². The van der Waals surface area contributed by atoms with Crippen LogP contribution in [0.1, 0.15) is 0 Å². The number of halogens is 1. The summed E-state index contributed by atoms with van der Waals surface area (Å²) in [6.07, 6.45) is -0.975. The Morgan fingerprint density at radius 1 is 1.08 bits per heavy atom. The third kappa shape index (κ3) is 5.48. The molecule has 0 saturated carbocycles. The van der Waals surface area contributed by atoms with Crippen LogP contribution in [0.15, 0.2) is 57.9 Å². The molecule has 0 spiro atoms. The van der Waals surface area contributed by atoms with Crippen molar-refractivity contribution in [2.45, 2.75) is 11.0 Å². The van der Waals surface area contributed by atoms with Gasteiger partial charge in [-0.25, -0.2) is 13.1 Å². The van der Waals surface area contributed by atoms with Crippen LogP contribution < -0.4 is 14.2 Å². The summed E-state index contributed by atoms with van der Waals surface area (Å²) in [7, 11) is -2.10. The van der Waals surface area contributed by atoms with E-state index >= 15 is 0 Å².